The molecule has 0 unspecified atom stereocenters. The van der Waals surface area contributed by atoms with E-state index in [0.717, 1.165) is 0 Å². The van der Waals surface area contributed by atoms with Crippen molar-refractivity contribution in [2.75, 3.05) is 6.61 Å². The van der Waals surface area contributed by atoms with Crippen molar-refractivity contribution in [2.24, 2.45) is 0 Å². The first-order valence-corrected chi connectivity index (χ1v) is 3.54. The molecule has 0 aromatic heterocycles. The molecule has 9 heavy (non-hydrogen) atoms. The van der Waals surface area contributed by atoms with Crippen LogP contribution in [0.15, 0.2) is 13.2 Å². The summed E-state index contributed by atoms with van der Waals surface area (Å²) in [6.45, 7) is 7.44. The minimum Gasteiger partial charge on any atom is -0.264 e. The van der Waals surface area contributed by atoms with E-state index in [1.54, 1.807) is 0 Å². The Hall–Kier alpha value is -0.390. The summed E-state index contributed by atoms with van der Waals surface area (Å²) < 4.78 is 30.7. The van der Waals surface area contributed by atoms with Crippen LogP contribution in [0.3, 0.4) is 0 Å². The van der Waals surface area contributed by atoms with E-state index in [0.29, 0.717) is 0 Å². The second kappa shape index (κ2) is 5.74. The molecule has 56 valence electrons. The van der Waals surface area contributed by atoms with Gasteiger partial charge in [0, 0.05) is 0 Å². The van der Waals surface area contributed by atoms with Crippen LogP contribution in [0.2, 0.25) is 0 Å². The zero-order chi connectivity index (χ0) is 7.91. The molecule has 0 amide bonds. The Balaban J connectivity index is 0. The van der Waals surface area contributed by atoms with Crippen LogP contribution in [0, 0.1) is 0 Å². The van der Waals surface area contributed by atoms with Gasteiger partial charge < -0.3 is 0 Å². The molecule has 1 N–H and O–H groups in total. The van der Waals surface area contributed by atoms with Gasteiger partial charge in [-0.2, -0.15) is 8.42 Å². The quantitative estimate of drug-likeness (QED) is 0.468. The Morgan fingerprint density at radius 3 is 1.89 bits per heavy atom. The molecule has 0 aromatic rings. The first-order chi connectivity index (χ1) is 4.06. The van der Waals surface area contributed by atoms with Crippen LogP contribution < -0.4 is 0 Å². The average Bonchev–Trinajstić information content (AvgIpc) is 1.69. The van der Waals surface area contributed by atoms with Gasteiger partial charge in [-0.3, -0.25) is 4.55 Å². The maximum atomic E-state index is 9.56. The third-order valence-corrected chi connectivity index (χ3v) is 0.800. The molecule has 0 spiro atoms. The van der Waals surface area contributed by atoms with Gasteiger partial charge in [-0.1, -0.05) is 0 Å². The van der Waals surface area contributed by atoms with Crippen LogP contribution in [0.4, 0.5) is 0 Å². The lowest BCUT2D eigenvalue weighted by Gasteiger charge is -1.88. The van der Waals surface area contributed by atoms with Crippen LogP contribution in [0.1, 0.15) is 6.92 Å². The second-order valence-corrected chi connectivity index (χ2v) is 1.93. The van der Waals surface area contributed by atoms with Crippen molar-refractivity contribution in [3.63, 3.8) is 0 Å². The molecule has 0 saturated heterocycles. The monoisotopic (exact) mass is 154 g/mol. The fourth-order valence-electron chi connectivity index (χ4n) is 0.149. The van der Waals surface area contributed by atoms with E-state index < -0.39 is 10.4 Å². The standard InChI is InChI=1S/C2H6O4S.C2H4/c1-2-6-7(3,4)5;1-2/h2H2,1H3,(H,3,4,5);1-2H2. The molecule has 0 bridgehead atoms. The highest BCUT2D eigenvalue weighted by atomic mass is 32.3. The summed E-state index contributed by atoms with van der Waals surface area (Å²) in [5.74, 6) is 0. The molecular weight excluding hydrogens is 144 g/mol. The van der Waals surface area contributed by atoms with Gasteiger partial charge in [0.05, 0.1) is 6.61 Å². The Morgan fingerprint density at radius 1 is 1.56 bits per heavy atom. The SMILES string of the molecule is C=C.CCOS(=O)(=O)O. The predicted molar refractivity (Wildman–Crippen MR) is 34.4 cm³/mol. The average molecular weight is 154 g/mol. The molecule has 0 atom stereocenters. The van der Waals surface area contributed by atoms with Gasteiger partial charge in [-0.25, -0.2) is 4.18 Å². The molecule has 0 fully saturated rings. The fraction of sp³-hybridized carbons (Fsp3) is 0.500. The summed E-state index contributed by atoms with van der Waals surface area (Å²) in [4.78, 5) is 0. The van der Waals surface area contributed by atoms with E-state index in [9.17, 15) is 8.42 Å². The molecule has 5 heteroatoms. The summed E-state index contributed by atoms with van der Waals surface area (Å²) in [6, 6.07) is 0. The zero-order valence-corrected chi connectivity index (χ0v) is 6.02. The Morgan fingerprint density at radius 2 is 1.89 bits per heavy atom. The van der Waals surface area contributed by atoms with E-state index in [4.69, 9.17) is 4.55 Å². The van der Waals surface area contributed by atoms with Gasteiger partial charge in [0.15, 0.2) is 0 Å². The number of hydrogen-bond donors (Lipinski definition) is 1. The minimum atomic E-state index is -4.17. The predicted octanol–water partition coefficient (Wildman–Crippen LogP) is 0.628. The lowest BCUT2D eigenvalue weighted by Crippen LogP contribution is -2.01. The molecule has 0 radical (unpaired) electrons. The van der Waals surface area contributed by atoms with Crippen molar-refractivity contribution in [1.29, 1.82) is 0 Å². The molecule has 0 heterocycles. The van der Waals surface area contributed by atoms with Crippen molar-refractivity contribution in [3.8, 4) is 0 Å². The first kappa shape index (κ1) is 11.4. The van der Waals surface area contributed by atoms with Crippen LogP contribution in [0.25, 0.3) is 0 Å². The summed E-state index contributed by atoms with van der Waals surface area (Å²) in [5, 5.41) is 0. The molecule has 0 aliphatic rings. The topological polar surface area (TPSA) is 63.6 Å². The molecule has 0 aliphatic carbocycles. The molecule has 0 aromatic carbocycles. The van der Waals surface area contributed by atoms with Crippen LogP contribution in [-0.4, -0.2) is 19.6 Å². The van der Waals surface area contributed by atoms with Gasteiger partial charge in [-0.05, 0) is 6.92 Å². The minimum absolute atomic E-state index is 0.0289. The lowest BCUT2D eigenvalue weighted by atomic mass is 10.9. The summed E-state index contributed by atoms with van der Waals surface area (Å²) in [7, 11) is -4.17. The zero-order valence-electron chi connectivity index (χ0n) is 5.20. The van der Waals surface area contributed by atoms with Gasteiger partial charge in [0.25, 0.3) is 0 Å². The second-order valence-electron chi connectivity index (χ2n) is 0.834. The highest BCUT2D eigenvalue weighted by Crippen LogP contribution is 1.81. The summed E-state index contributed by atoms with van der Waals surface area (Å²) in [6.07, 6.45) is 0. The van der Waals surface area contributed by atoms with E-state index in [-0.39, 0.29) is 6.61 Å². The maximum Gasteiger partial charge on any atom is 0.397 e. The number of rotatable bonds is 2. The van der Waals surface area contributed by atoms with Crippen molar-refractivity contribution in [3.05, 3.63) is 13.2 Å². The largest absolute Gasteiger partial charge is 0.397 e. The van der Waals surface area contributed by atoms with Crippen LogP contribution in [0.5, 0.6) is 0 Å². The Labute approximate surface area is 55.1 Å². The molecule has 0 saturated carbocycles. The highest BCUT2D eigenvalue weighted by molar-refractivity contribution is 7.80. The summed E-state index contributed by atoms with van der Waals surface area (Å²) in [5.41, 5.74) is 0. The van der Waals surface area contributed by atoms with Gasteiger partial charge >= 0.3 is 10.4 Å². The van der Waals surface area contributed by atoms with Gasteiger partial charge in [0.2, 0.25) is 0 Å². The fourth-order valence-corrected chi connectivity index (χ4v) is 0.447. The van der Waals surface area contributed by atoms with Crippen LogP contribution in [-0.2, 0) is 14.6 Å². The lowest BCUT2D eigenvalue weighted by molar-refractivity contribution is 0.283. The van der Waals surface area contributed by atoms with E-state index >= 15 is 0 Å². The van der Waals surface area contributed by atoms with Crippen molar-refractivity contribution >= 4 is 10.4 Å². The Bertz CT molecular complexity index is 137. The third-order valence-electron chi connectivity index (χ3n) is 0.267. The molecule has 0 rings (SSSR count). The first-order valence-electron chi connectivity index (χ1n) is 2.18. The van der Waals surface area contributed by atoms with Crippen molar-refractivity contribution < 1.29 is 17.2 Å². The van der Waals surface area contributed by atoms with Crippen molar-refractivity contribution in [1.82, 2.24) is 0 Å². The van der Waals surface area contributed by atoms with Crippen molar-refractivity contribution in [2.45, 2.75) is 6.92 Å². The summed E-state index contributed by atoms with van der Waals surface area (Å²) >= 11 is 0. The van der Waals surface area contributed by atoms with E-state index in [1.165, 1.54) is 6.92 Å². The smallest absolute Gasteiger partial charge is 0.264 e. The van der Waals surface area contributed by atoms with E-state index in [2.05, 4.69) is 17.3 Å². The van der Waals surface area contributed by atoms with E-state index in [1.807, 2.05) is 0 Å². The number of hydrogen-bond acceptors (Lipinski definition) is 3. The van der Waals surface area contributed by atoms with Gasteiger partial charge in [-0.15, -0.1) is 13.2 Å². The molecule has 0 aliphatic heterocycles. The maximum absolute atomic E-state index is 9.56. The molecular formula is C4H10O4S. The van der Waals surface area contributed by atoms with Crippen LogP contribution >= 0.6 is 0 Å². The third kappa shape index (κ3) is 18.4. The highest BCUT2D eigenvalue weighted by Gasteiger charge is 1.98. The molecule has 4 nitrogen and oxygen atoms in total. The Kier molecular flexibility index (Phi) is 7.28. The van der Waals surface area contributed by atoms with Gasteiger partial charge in [0.1, 0.15) is 0 Å². The normalized spacial score (nSPS) is 9.56.